The summed E-state index contributed by atoms with van der Waals surface area (Å²) in [6, 6.07) is 9.30. The minimum Gasteiger partial charge on any atom is -0.394 e. The minimum absolute atomic E-state index is 0.117. The summed E-state index contributed by atoms with van der Waals surface area (Å²) in [5, 5.41) is 16.3. The van der Waals surface area contributed by atoms with Crippen molar-refractivity contribution in [1.82, 2.24) is 19.9 Å². The van der Waals surface area contributed by atoms with Gasteiger partial charge in [-0.15, -0.1) is 5.10 Å². The van der Waals surface area contributed by atoms with Crippen LogP contribution in [0.3, 0.4) is 0 Å². The van der Waals surface area contributed by atoms with Gasteiger partial charge in [-0.3, -0.25) is 9.78 Å². The highest BCUT2D eigenvalue weighted by Crippen LogP contribution is 2.34. The molecule has 0 radical (unpaired) electrons. The molecule has 0 aliphatic rings. The fourth-order valence-corrected chi connectivity index (χ4v) is 3.61. The number of aromatic nitrogens is 3. The standard InChI is InChI=1S/C21H24N4O2S/c1-12(2)19-20(28-25-24-19)16-7-15(18-6-5-13(3)10-22-18)8-17(9-16)21(27)23-14(4)11-26/h5-10,12,14,26H,11H2,1-4H3,(H,23,27)/t14-/m1/s1. The number of amides is 1. The quantitative estimate of drug-likeness (QED) is 0.661. The van der Waals surface area contributed by atoms with Crippen LogP contribution in [0.15, 0.2) is 36.5 Å². The topological polar surface area (TPSA) is 88.0 Å². The second kappa shape index (κ2) is 8.58. The monoisotopic (exact) mass is 396 g/mol. The van der Waals surface area contributed by atoms with Gasteiger partial charge in [0.2, 0.25) is 0 Å². The van der Waals surface area contributed by atoms with Crippen molar-refractivity contribution in [3.8, 4) is 21.7 Å². The molecule has 0 saturated heterocycles. The van der Waals surface area contributed by atoms with Crippen molar-refractivity contribution in [2.45, 2.75) is 39.7 Å². The summed E-state index contributed by atoms with van der Waals surface area (Å²) in [6.07, 6.45) is 1.81. The van der Waals surface area contributed by atoms with Gasteiger partial charge in [0.25, 0.3) is 5.91 Å². The van der Waals surface area contributed by atoms with Gasteiger partial charge < -0.3 is 10.4 Å². The van der Waals surface area contributed by atoms with Crippen LogP contribution < -0.4 is 5.32 Å². The zero-order valence-electron chi connectivity index (χ0n) is 16.4. The molecule has 3 rings (SSSR count). The van der Waals surface area contributed by atoms with E-state index in [0.29, 0.717) is 5.56 Å². The molecule has 0 spiro atoms. The lowest BCUT2D eigenvalue weighted by Gasteiger charge is -2.13. The van der Waals surface area contributed by atoms with Crippen LogP contribution in [0.1, 0.15) is 48.3 Å². The number of aliphatic hydroxyl groups is 1. The molecule has 6 nitrogen and oxygen atoms in total. The highest BCUT2D eigenvalue weighted by atomic mass is 32.1. The Morgan fingerprint density at radius 1 is 1.18 bits per heavy atom. The van der Waals surface area contributed by atoms with E-state index < -0.39 is 0 Å². The lowest BCUT2D eigenvalue weighted by Crippen LogP contribution is -2.35. The number of rotatable bonds is 6. The summed E-state index contributed by atoms with van der Waals surface area (Å²) in [7, 11) is 0. The molecule has 1 amide bonds. The highest BCUT2D eigenvalue weighted by molar-refractivity contribution is 7.09. The molecule has 0 fully saturated rings. The number of carbonyl (C=O) groups is 1. The Bertz CT molecular complexity index is 967. The zero-order chi connectivity index (χ0) is 20.3. The largest absolute Gasteiger partial charge is 0.394 e. The van der Waals surface area contributed by atoms with Gasteiger partial charge in [0.1, 0.15) is 0 Å². The van der Waals surface area contributed by atoms with Crippen molar-refractivity contribution >= 4 is 17.4 Å². The molecule has 1 aromatic carbocycles. The van der Waals surface area contributed by atoms with Crippen molar-refractivity contribution in [1.29, 1.82) is 0 Å². The Balaban J connectivity index is 2.12. The molecular formula is C21H24N4O2S. The van der Waals surface area contributed by atoms with Gasteiger partial charge >= 0.3 is 0 Å². The van der Waals surface area contributed by atoms with Gasteiger partial charge in [-0.05, 0) is 66.7 Å². The number of aliphatic hydroxyl groups excluding tert-OH is 1. The molecule has 0 saturated carbocycles. The summed E-state index contributed by atoms with van der Waals surface area (Å²) in [5.41, 5.74) is 5.03. The molecule has 0 aliphatic carbocycles. The molecule has 2 N–H and O–H groups in total. The molecule has 0 bridgehead atoms. The van der Waals surface area contributed by atoms with E-state index in [1.807, 2.05) is 43.5 Å². The lowest BCUT2D eigenvalue weighted by atomic mass is 9.98. The van der Waals surface area contributed by atoms with Crippen molar-refractivity contribution in [3.05, 3.63) is 53.3 Å². The summed E-state index contributed by atoms with van der Waals surface area (Å²) in [6.45, 7) is 7.77. The molecule has 2 aromatic heterocycles. The maximum absolute atomic E-state index is 12.7. The molecular weight excluding hydrogens is 372 g/mol. The van der Waals surface area contributed by atoms with Crippen LogP contribution >= 0.6 is 11.5 Å². The van der Waals surface area contributed by atoms with Crippen LogP contribution in [0.25, 0.3) is 21.7 Å². The highest BCUT2D eigenvalue weighted by Gasteiger charge is 2.18. The van der Waals surface area contributed by atoms with Gasteiger partial charge in [-0.1, -0.05) is 24.4 Å². The first kappa shape index (κ1) is 20.1. The average Bonchev–Trinajstić information content (AvgIpc) is 3.18. The maximum atomic E-state index is 12.7. The third-order valence-corrected chi connectivity index (χ3v) is 5.17. The SMILES string of the molecule is Cc1ccc(-c2cc(C(=O)N[C@H](C)CO)cc(-c3snnc3C(C)C)c2)nc1. The van der Waals surface area contributed by atoms with Crippen LogP contribution in [0.2, 0.25) is 0 Å². The van der Waals surface area contributed by atoms with Crippen molar-refractivity contribution < 1.29 is 9.90 Å². The van der Waals surface area contributed by atoms with Gasteiger partial charge in [0, 0.05) is 23.4 Å². The van der Waals surface area contributed by atoms with Crippen LogP contribution in [-0.4, -0.2) is 38.2 Å². The maximum Gasteiger partial charge on any atom is 0.251 e. The number of carbonyl (C=O) groups excluding carboxylic acids is 1. The normalized spacial score (nSPS) is 12.2. The first-order valence-corrected chi connectivity index (χ1v) is 9.98. The van der Waals surface area contributed by atoms with Crippen LogP contribution in [-0.2, 0) is 0 Å². The zero-order valence-corrected chi connectivity index (χ0v) is 17.2. The summed E-state index contributed by atoms with van der Waals surface area (Å²) < 4.78 is 4.11. The minimum atomic E-state index is -0.326. The predicted octanol–water partition coefficient (Wildman–Crippen LogP) is 3.81. The van der Waals surface area contributed by atoms with Crippen LogP contribution in [0, 0.1) is 6.92 Å². The summed E-state index contributed by atoms with van der Waals surface area (Å²) in [4.78, 5) is 18.2. The number of hydrogen-bond acceptors (Lipinski definition) is 6. The predicted molar refractivity (Wildman–Crippen MR) is 111 cm³/mol. The van der Waals surface area contributed by atoms with Gasteiger partial charge in [0.15, 0.2) is 0 Å². The van der Waals surface area contributed by atoms with E-state index in [2.05, 4.69) is 33.7 Å². The number of pyridine rings is 1. The van der Waals surface area contributed by atoms with E-state index in [-0.39, 0.29) is 24.5 Å². The number of aryl methyl sites for hydroxylation is 1. The smallest absolute Gasteiger partial charge is 0.251 e. The lowest BCUT2D eigenvalue weighted by molar-refractivity contribution is 0.0922. The third-order valence-electron chi connectivity index (χ3n) is 4.38. The molecule has 146 valence electrons. The first-order chi connectivity index (χ1) is 13.4. The van der Waals surface area contributed by atoms with E-state index in [0.717, 1.165) is 33.0 Å². The molecule has 0 aliphatic heterocycles. The Labute approximate surface area is 168 Å². The van der Waals surface area contributed by atoms with E-state index in [9.17, 15) is 9.90 Å². The Morgan fingerprint density at radius 3 is 2.57 bits per heavy atom. The van der Waals surface area contributed by atoms with Gasteiger partial charge in [0.05, 0.1) is 22.9 Å². The van der Waals surface area contributed by atoms with Crippen molar-refractivity contribution in [2.24, 2.45) is 0 Å². The molecule has 7 heteroatoms. The number of nitrogens with one attached hydrogen (secondary N) is 1. The summed E-state index contributed by atoms with van der Waals surface area (Å²) >= 11 is 1.32. The number of benzene rings is 1. The molecule has 2 heterocycles. The van der Waals surface area contributed by atoms with Crippen LogP contribution in [0.4, 0.5) is 0 Å². The summed E-state index contributed by atoms with van der Waals surface area (Å²) in [5.74, 6) is -0.0121. The molecule has 0 unspecified atom stereocenters. The van der Waals surface area contributed by atoms with Crippen molar-refractivity contribution in [3.63, 3.8) is 0 Å². The molecule has 3 aromatic rings. The van der Waals surface area contributed by atoms with Gasteiger partial charge in [-0.25, -0.2) is 0 Å². The molecule has 1 atom stereocenters. The Morgan fingerprint density at radius 2 is 1.93 bits per heavy atom. The molecule has 28 heavy (non-hydrogen) atoms. The van der Waals surface area contributed by atoms with E-state index in [4.69, 9.17) is 0 Å². The first-order valence-electron chi connectivity index (χ1n) is 9.21. The van der Waals surface area contributed by atoms with Crippen molar-refractivity contribution in [2.75, 3.05) is 6.61 Å². The van der Waals surface area contributed by atoms with Gasteiger partial charge in [-0.2, -0.15) is 0 Å². The average molecular weight is 397 g/mol. The number of hydrogen-bond donors (Lipinski definition) is 2. The fourth-order valence-electron chi connectivity index (χ4n) is 2.80. The van der Waals surface area contributed by atoms with Crippen LogP contribution in [0.5, 0.6) is 0 Å². The second-order valence-electron chi connectivity index (χ2n) is 7.22. The second-order valence-corrected chi connectivity index (χ2v) is 7.97. The fraction of sp³-hybridized carbons (Fsp3) is 0.333. The third kappa shape index (κ3) is 4.43. The Kier molecular flexibility index (Phi) is 6.16. The Hall–Kier alpha value is -2.64. The van der Waals surface area contributed by atoms with E-state index >= 15 is 0 Å². The van der Waals surface area contributed by atoms with E-state index in [1.165, 1.54) is 11.5 Å². The number of nitrogens with zero attached hydrogens (tertiary/aromatic N) is 3. The van der Waals surface area contributed by atoms with E-state index in [1.54, 1.807) is 6.92 Å².